The Morgan fingerprint density at radius 2 is 1.93 bits per heavy atom. The summed E-state index contributed by atoms with van der Waals surface area (Å²) in [5.74, 6) is 0.837. The van der Waals surface area contributed by atoms with Gasteiger partial charge in [-0.05, 0) is 55.8 Å². The number of ether oxygens (including phenoxy) is 1. The molecule has 7 nitrogen and oxygen atoms in total. The average Bonchev–Trinajstić information content (AvgIpc) is 3.13. The van der Waals surface area contributed by atoms with Gasteiger partial charge in [0.1, 0.15) is 5.75 Å². The largest absolute Gasteiger partial charge is 0.484 e. The Bertz CT molecular complexity index is 1000. The molecule has 29 heavy (non-hydrogen) atoms. The normalized spacial score (nSPS) is 11.7. The molecule has 0 saturated heterocycles. The number of Topliss-reactive ketones (excluding diaryl/α,β-unsaturated/α-hetero) is 1. The molecule has 0 aliphatic rings. The molecule has 0 aliphatic heterocycles. The van der Waals surface area contributed by atoms with Crippen LogP contribution in [0.1, 0.15) is 35.7 Å². The Kier molecular flexibility index (Phi) is 6.66. The van der Waals surface area contributed by atoms with Gasteiger partial charge in [0.25, 0.3) is 11.1 Å². The molecular formula is C21H21N3O4S. The summed E-state index contributed by atoms with van der Waals surface area (Å²) in [4.78, 5) is 23.7. The van der Waals surface area contributed by atoms with Crippen LogP contribution in [0.15, 0.2) is 58.2 Å². The van der Waals surface area contributed by atoms with Gasteiger partial charge in [-0.15, -0.1) is 10.2 Å². The van der Waals surface area contributed by atoms with Crippen LogP contribution in [0.25, 0.3) is 0 Å². The molecule has 8 heteroatoms. The number of aromatic nitrogens is 2. The molecular weight excluding hydrogens is 390 g/mol. The van der Waals surface area contributed by atoms with E-state index in [0.29, 0.717) is 22.4 Å². The van der Waals surface area contributed by atoms with Crippen LogP contribution in [0.5, 0.6) is 5.75 Å². The first-order valence-corrected chi connectivity index (χ1v) is 9.89. The molecule has 0 radical (unpaired) electrons. The molecule has 1 atom stereocenters. The van der Waals surface area contributed by atoms with E-state index in [1.165, 1.54) is 18.7 Å². The Morgan fingerprint density at radius 1 is 1.17 bits per heavy atom. The molecule has 2 aromatic carbocycles. The maximum Gasteiger partial charge on any atom is 0.277 e. The van der Waals surface area contributed by atoms with Gasteiger partial charge in [0.2, 0.25) is 5.91 Å². The number of nitrogens with one attached hydrogen (secondary N) is 1. The smallest absolute Gasteiger partial charge is 0.277 e. The van der Waals surface area contributed by atoms with Gasteiger partial charge < -0.3 is 14.5 Å². The van der Waals surface area contributed by atoms with Crippen LogP contribution >= 0.6 is 11.8 Å². The molecule has 1 aromatic heterocycles. The number of hydrogen-bond acceptors (Lipinski definition) is 7. The number of amides is 1. The Morgan fingerprint density at radius 3 is 2.62 bits per heavy atom. The SMILES string of the molecule is CC(=O)Nc1ccc(C(=O)C(C)Sc2nnc(COc3cccc(C)c3)o2)cc1. The van der Waals surface area contributed by atoms with Crippen molar-refractivity contribution in [2.75, 3.05) is 5.32 Å². The monoisotopic (exact) mass is 411 g/mol. The third-order valence-electron chi connectivity index (χ3n) is 3.94. The highest BCUT2D eigenvalue weighted by molar-refractivity contribution is 8.00. The lowest BCUT2D eigenvalue weighted by Gasteiger charge is -2.08. The van der Waals surface area contributed by atoms with Crippen molar-refractivity contribution in [2.24, 2.45) is 0 Å². The Hall–Kier alpha value is -3.13. The minimum atomic E-state index is -0.410. The van der Waals surface area contributed by atoms with Gasteiger partial charge in [0, 0.05) is 18.2 Å². The molecule has 150 valence electrons. The number of benzene rings is 2. The number of thioether (sulfide) groups is 1. The van der Waals surface area contributed by atoms with Crippen molar-refractivity contribution in [3.63, 3.8) is 0 Å². The second-order valence-electron chi connectivity index (χ2n) is 6.45. The second kappa shape index (κ2) is 9.38. The average molecular weight is 411 g/mol. The van der Waals surface area contributed by atoms with Gasteiger partial charge >= 0.3 is 0 Å². The van der Waals surface area contributed by atoms with Crippen LogP contribution in [0.3, 0.4) is 0 Å². The van der Waals surface area contributed by atoms with Crippen LogP contribution in [0.4, 0.5) is 5.69 Å². The molecule has 1 heterocycles. The lowest BCUT2D eigenvalue weighted by molar-refractivity contribution is -0.114. The molecule has 1 N–H and O–H groups in total. The van der Waals surface area contributed by atoms with E-state index in [0.717, 1.165) is 11.3 Å². The zero-order valence-electron chi connectivity index (χ0n) is 16.3. The first-order chi connectivity index (χ1) is 13.9. The number of aryl methyl sites for hydroxylation is 1. The van der Waals surface area contributed by atoms with Gasteiger partial charge in [0.15, 0.2) is 12.4 Å². The number of rotatable bonds is 8. The third-order valence-corrected chi connectivity index (χ3v) is 4.87. The molecule has 3 aromatic rings. The maximum absolute atomic E-state index is 12.6. The zero-order valence-corrected chi connectivity index (χ0v) is 17.2. The van der Waals surface area contributed by atoms with Gasteiger partial charge in [-0.25, -0.2) is 0 Å². The summed E-state index contributed by atoms with van der Waals surface area (Å²) >= 11 is 1.19. The van der Waals surface area contributed by atoms with E-state index < -0.39 is 5.25 Å². The summed E-state index contributed by atoms with van der Waals surface area (Å²) in [5.41, 5.74) is 2.29. The summed E-state index contributed by atoms with van der Waals surface area (Å²) in [7, 11) is 0. The lowest BCUT2D eigenvalue weighted by atomic mass is 10.1. The predicted octanol–water partition coefficient (Wildman–Crippen LogP) is 4.28. The molecule has 1 unspecified atom stereocenters. The zero-order chi connectivity index (χ0) is 20.8. The molecule has 0 saturated carbocycles. The van der Waals surface area contributed by atoms with Gasteiger partial charge in [-0.2, -0.15) is 0 Å². The standard InChI is InChI=1S/C21H21N3O4S/c1-13-5-4-6-18(11-13)27-12-19-23-24-21(28-19)29-14(2)20(26)16-7-9-17(10-8-16)22-15(3)25/h4-11,14H,12H2,1-3H3,(H,22,25). The molecule has 0 bridgehead atoms. The van der Waals surface area contributed by atoms with E-state index in [4.69, 9.17) is 9.15 Å². The van der Waals surface area contributed by atoms with Crippen LogP contribution in [-0.2, 0) is 11.4 Å². The fraction of sp³-hybridized carbons (Fsp3) is 0.238. The lowest BCUT2D eigenvalue weighted by Crippen LogP contribution is -2.13. The van der Waals surface area contributed by atoms with E-state index in [1.807, 2.05) is 31.2 Å². The summed E-state index contributed by atoms with van der Waals surface area (Å²) in [6.07, 6.45) is 0. The quantitative estimate of drug-likeness (QED) is 0.437. The third kappa shape index (κ3) is 5.92. The van der Waals surface area contributed by atoms with Crippen LogP contribution in [-0.4, -0.2) is 27.1 Å². The number of ketones is 1. The fourth-order valence-corrected chi connectivity index (χ4v) is 3.33. The van der Waals surface area contributed by atoms with E-state index in [9.17, 15) is 9.59 Å². The van der Waals surface area contributed by atoms with Crippen molar-refractivity contribution >= 4 is 29.1 Å². The minimum absolute atomic E-state index is 0.0693. The minimum Gasteiger partial charge on any atom is -0.484 e. The van der Waals surface area contributed by atoms with Gasteiger partial charge in [-0.1, -0.05) is 23.9 Å². The van der Waals surface area contributed by atoms with E-state index >= 15 is 0 Å². The van der Waals surface area contributed by atoms with Gasteiger partial charge in [-0.3, -0.25) is 9.59 Å². The summed E-state index contributed by atoms with van der Waals surface area (Å²) < 4.78 is 11.2. The van der Waals surface area contributed by atoms with Crippen molar-refractivity contribution in [3.8, 4) is 5.75 Å². The van der Waals surface area contributed by atoms with Crippen molar-refractivity contribution in [2.45, 2.75) is 37.9 Å². The highest BCUT2D eigenvalue weighted by Crippen LogP contribution is 2.25. The van der Waals surface area contributed by atoms with E-state index in [-0.39, 0.29) is 18.3 Å². The van der Waals surface area contributed by atoms with E-state index in [2.05, 4.69) is 15.5 Å². The predicted molar refractivity (Wildman–Crippen MR) is 110 cm³/mol. The first kappa shape index (κ1) is 20.6. The molecule has 1 amide bonds. The Labute approximate surface area is 172 Å². The maximum atomic E-state index is 12.6. The van der Waals surface area contributed by atoms with Crippen molar-refractivity contribution in [3.05, 3.63) is 65.5 Å². The summed E-state index contributed by atoms with van der Waals surface area (Å²) in [6.45, 7) is 5.36. The highest BCUT2D eigenvalue weighted by atomic mass is 32.2. The fourth-order valence-electron chi connectivity index (χ4n) is 2.55. The van der Waals surface area contributed by atoms with Crippen LogP contribution in [0, 0.1) is 6.92 Å². The number of hydrogen-bond donors (Lipinski definition) is 1. The highest BCUT2D eigenvalue weighted by Gasteiger charge is 2.20. The first-order valence-electron chi connectivity index (χ1n) is 9.01. The van der Waals surface area contributed by atoms with Crippen molar-refractivity contribution < 1.29 is 18.7 Å². The second-order valence-corrected chi connectivity index (χ2v) is 7.74. The van der Waals surface area contributed by atoms with Gasteiger partial charge in [0.05, 0.1) is 5.25 Å². The van der Waals surface area contributed by atoms with Crippen LogP contribution < -0.4 is 10.1 Å². The summed E-state index contributed by atoms with van der Waals surface area (Å²) in [6, 6.07) is 14.4. The number of carbonyl (C=O) groups is 2. The topological polar surface area (TPSA) is 94.3 Å². The number of carbonyl (C=O) groups excluding carboxylic acids is 2. The Balaban J connectivity index is 1.55. The number of anilines is 1. The molecule has 0 aliphatic carbocycles. The molecule has 0 fully saturated rings. The van der Waals surface area contributed by atoms with Crippen molar-refractivity contribution in [1.82, 2.24) is 10.2 Å². The van der Waals surface area contributed by atoms with Crippen LogP contribution in [0.2, 0.25) is 0 Å². The summed E-state index contributed by atoms with van der Waals surface area (Å²) in [5, 5.41) is 10.5. The van der Waals surface area contributed by atoms with Crippen molar-refractivity contribution in [1.29, 1.82) is 0 Å². The van der Waals surface area contributed by atoms with E-state index in [1.54, 1.807) is 31.2 Å². The molecule has 3 rings (SSSR count). The molecule has 0 spiro atoms. The number of nitrogens with zero attached hydrogens (tertiary/aromatic N) is 2.